The van der Waals surface area contributed by atoms with Gasteiger partial charge in [-0.1, -0.05) is 85.6 Å². The van der Waals surface area contributed by atoms with E-state index < -0.39 is 13.1 Å². The van der Waals surface area contributed by atoms with E-state index in [1.165, 1.54) is 17.8 Å². The van der Waals surface area contributed by atoms with Crippen molar-refractivity contribution in [2.24, 2.45) is 5.73 Å². The first-order valence-electron chi connectivity index (χ1n) is 11.6. The van der Waals surface area contributed by atoms with Gasteiger partial charge < -0.3 is 25.0 Å². The molecule has 4 N–H and O–H groups in total. The Labute approximate surface area is 221 Å². The smallest absolute Gasteiger partial charge is 0.400 e. The molecule has 0 spiro atoms. The van der Waals surface area contributed by atoms with Gasteiger partial charge in [-0.3, -0.25) is 0 Å². The van der Waals surface area contributed by atoms with Crippen molar-refractivity contribution in [1.29, 1.82) is 0 Å². The molecule has 36 heavy (non-hydrogen) atoms. The van der Waals surface area contributed by atoms with E-state index in [-0.39, 0.29) is 17.4 Å². The maximum atomic E-state index is 12.6. The van der Waals surface area contributed by atoms with Gasteiger partial charge in [-0.2, -0.15) is 0 Å². The van der Waals surface area contributed by atoms with Crippen LogP contribution in [0.2, 0.25) is 5.02 Å². The number of hydrogen-bond acceptors (Lipinski definition) is 6. The van der Waals surface area contributed by atoms with Gasteiger partial charge >= 0.3 is 7.60 Å². The number of ether oxygens (including phenoxy) is 1. The molecule has 3 aromatic rings. The summed E-state index contributed by atoms with van der Waals surface area (Å²) in [5.74, 6) is 1.84. The van der Waals surface area contributed by atoms with Crippen LogP contribution in [0, 0.1) is 0 Å². The second-order valence-corrected chi connectivity index (χ2v) is 11.6. The van der Waals surface area contributed by atoms with Crippen molar-refractivity contribution in [3.63, 3.8) is 0 Å². The molecule has 0 aliphatic heterocycles. The summed E-state index contributed by atoms with van der Waals surface area (Å²) in [4.78, 5) is 12.1. The predicted molar refractivity (Wildman–Crippen MR) is 146 cm³/mol. The van der Waals surface area contributed by atoms with Gasteiger partial charge in [-0.15, -0.1) is 0 Å². The molecule has 0 amide bonds. The van der Waals surface area contributed by atoms with E-state index >= 15 is 0 Å². The van der Waals surface area contributed by atoms with Crippen LogP contribution >= 0.6 is 31.0 Å². The van der Waals surface area contributed by atoms with E-state index in [1.807, 2.05) is 61.5 Å². The van der Waals surface area contributed by atoms with Gasteiger partial charge in [-0.25, -0.2) is 4.57 Å². The molecule has 0 aliphatic rings. The van der Waals surface area contributed by atoms with E-state index in [9.17, 15) is 14.6 Å². The summed E-state index contributed by atoms with van der Waals surface area (Å²) in [6.45, 7) is 2.14. The summed E-state index contributed by atoms with van der Waals surface area (Å²) in [5.41, 5.74) is 6.11. The second-order valence-electron chi connectivity index (χ2n) is 8.41. The minimum absolute atomic E-state index is 0.0802. The van der Waals surface area contributed by atoms with Crippen molar-refractivity contribution < 1.29 is 23.8 Å². The standard InChI is InChI=1S/C27H31ClNO5PS/c1-2-3-14-27(29,20-30)15-16-35(31,32)34-26-13-12-24(18-25(26)28)36-23-11-7-10-22(17-23)33-19-21-8-5-4-6-9-21/h4-13,15-18,30H,2-3,14,19-20,29H2,1H3,(H,31,32). The molecule has 0 fully saturated rings. The van der Waals surface area contributed by atoms with Crippen molar-refractivity contribution in [2.75, 3.05) is 6.61 Å². The van der Waals surface area contributed by atoms with Gasteiger partial charge in [0.2, 0.25) is 0 Å². The molecule has 2 unspecified atom stereocenters. The Hall–Kier alpha value is -2.25. The van der Waals surface area contributed by atoms with Gasteiger partial charge in [0.1, 0.15) is 18.1 Å². The minimum atomic E-state index is -4.18. The average Bonchev–Trinajstić information content (AvgIpc) is 2.88. The molecule has 0 saturated carbocycles. The Balaban J connectivity index is 1.63. The SMILES string of the molecule is CCCCC(N)(C=CP(=O)(O)Oc1ccc(Sc2cccc(OCc3ccccc3)c2)cc1Cl)CO. The maximum absolute atomic E-state index is 12.6. The number of aliphatic hydroxyl groups is 1. The zero-order valence-corrected chi connectivity index (χ0v) is 22.5. The zero-order valence-electron chi connectivity index (χ0n) is 20.0. The summed E-state index contributed by atoms with van der Waals surface area (Å²) in [5, 5.41) is 9.77. The number of nitrogens with two attached hydrogens (primary N) is 1. The highest BCUT2D eigenvalue weighted by Gasteiger charge is 2.24. The third kappa shape index (κ3) is 9.00. The zero-order chi connectivity index (χ0) is 26.0. The molecule has 0 saturated heterocycles. The molecular weight excluding hydrogens is 517 g/mol. The average molecular weight is 548 g/mol. The fourth-order valence-corrected chi connectivity index (χ4v) is 5.49. The summed E-state index contributed by atoms with van der Waals surface area (Å²) >= 11 is 7.83. The number of aliphatic hydroxyl groups excluding tert-OH is 1. The fraction of sp³-hybridized carbons (Fsp3) is 0.259. The number of benzene rings is 3. The third-order valence-corrected chi connectivity index (χ3v) is 7.57. The van der Waals surface area contributed by atoms with E-state index in [0.717, 1.165) is 39.8 Å². The monoisotopic (exact) mass is 547 g/mol. The molecule has 9 heteroatoms. The topological polar surface area (TPSA) is 102 Å². The fourth-order valence-electron chi connectivity index (χ4n) is 3.26. The van der Waals surface area contributed by atoms with Gasteiger partial charge in [0.25, 0.3) is 0 Å². The van der Waals surface area contributed by atoms with E-state index in [1.54, 1.807) is 18.2 Å². The summed E-state index contributed by atoms with van der Waals surface area (Å²) in [6, 6.07) is 22.6. The van der Waals surface area contributed by atoms with Crippen LogP contribution in [0.4, 0.5) is 0 Å². The lowest BCUT2D eigenvalue weighted by atomic mass is 9.95. The van der Waals surface area contributed by atoms with Crippen molar-refractivity contribution in [3.8, 4) is 11.5 Å². The first-order valence-corrected chi connectivity index (χ1v) is 14.4. The van der Waals surface area contributed by atoms with Crippen molar-refractivity contribution in [3.05, 3.63) is 95.3 Å². The first kappa shape index (κ1) is 28.3. The van der Waals surface area contributed by atoms with Crippen LogP contribution in [0.3, 0.4) is 0 Å². The Bertz CT molecular complexity index is 1210. The van der Waals surface area contributed by atoms with E-state index in [0.29, 0.717) is 13.0 Å². The van der Waals surface area contributed by atoms with E-state index in [2.05, 4.69) is 0 Å². The molecule has 0 radical (unpaired) electrons. The third-order valence-electron chi connectivity index (χ3n) is 5.31. The van der Waals surface area contributed by atoms with Crippen LogP contribution in [0.5, 0.6) is 11.5 Å². The van der Waals surface area contributed by atoms with Gasteiger partial charge in [0.15, 0.2) is 0 Å². The highest BCUT2D eigenvalue weighted by atomic mass is 35.5. The van der Waals surface area contributed by atoms with Crippen molar-refractivity contribution in [1.82, 2.24) is 0 Å². The van der Waals surface area contributed by atoms with Crippen molar-refractivity contribution >= 4 is 31.0 Å². The highest BCUT2D eigenvalue weighted by Crippen LogP contribution is 2.47. The number of rotatable bonds is 13. The Morgan fingerprint density at radius 1 is 1.08 bits per heavy atom. The van der Waals surface area contributed by atoms with Crippen LogP contribution in [-0.2, 0) is 11.2 Å². The Kier molecular flexibility index (Phi) is 10.5. The summed E-state index contributed by atoms with van der Waals surface area (Å²) in [7, 11) is -4.18. The molecule has 2 atom stereocenters. The Morgan fingerprint density at radius 3 is 2.53 bits per heavy atom. The molecule has 0 aliphatic carbocycles. The second kappa shape index (κ2) is 13.3. The van der Waals surface area contributed by atoms with Crippen LogP contribution in [0.1, 0.15) is 31.7 Å². The first-order chi connectivity index (χ1) is 17.2. The van der Waals surface area contributed by atoms with E-state index in [4.69, 9.17) is 26.6 Å². The molecule has 0 bridgehead atoms. The minimum Gasteiger partial charge on any atom is -0.489 e. The van der Waals surface area contributed by atoms with Crippen LogP contribution in [-0.4, -0.2) is 22.1 Å². The molecule has 0 aromatic heterocycles. The van der Waals surface area contributed by atoms with Crippen LogP contribution in [0.25, 0.3) is 0 Å². The number of unbranched alkanes of at least 4 members (excludes halogenated alkanes) is 1. The molecular formula is C27H31ClNO5PS. The molecule has 3 aromatic carbocycles. The normalized spacial score (nSPS) is 14.8. The number of halogens is 1. The highest BCUT2D eigenvalue weighted by molar-refractivity contribution is 7.99. The quantitative estimate of drug-likeness (QED) is 0.197. The van der Waals surface area contributed by atoms with Gasteiger partial charge in [0, 0.05) is 15.6 Å². The van der Waals surface area contributed by atoms with Crippen LogP contribution in [0.15, 0.2) is 94.5 Å². The predicted octanol–water partition coefficient (Wildman–Crippen LogP) is 7.03. The Morgan fingerprint density at radius 2 is 1.83 bits per heavy atom. The maximum Gasteiger partial charge on any atom is 0.400 e. The summed E-state index contributed by atoms with van der Waals surface area (Å²) in [6.07, 6.45) is 3.51. The largest absolute Gasteiger partial charge is 0.489 e. The lowest BCUT2D eigenvalue weighted by molar-refractivity contribution is 0.217. The molecule has 3 rings (SSSR count). The lowest BCUT2D eigenvalue weighted by Gasteiger charge is -2.23. The lowest BCUT2D eigenvalue weighted by Crippen LogP contribution is -2.41. The molecule has 192 valence electrons. The van der Waals surface area contributed by atoms with Gasteiger partial charge in [0.05, 0.1) is 17.2 Å². The summed E-state index contributed by atoms with van der Waals surface area (Å²) < 4.78 is 23.8. The van der Waals surface area contributed by atoms with Crippen molar-refractivity contribution in [2.45, 2.75) is 48.1 Å². The molecule has 6 nitrogen and oxygen atoms in total. The van der Waals surface area contributed by atoms with Crippen LogP contribution < -0.4 is 15.0 Å². The number of hydrogen-bond donors (Lipinski definition) is 3. The molecule has 0 heterocycles. The van der Waals surface area contributed by atoms with Gasteiger partial charge in [-0.05, 0) is 48.4 Å².